The topological polar surface area (TPSA) is 4.93 Å². The van der Waals surface area contributed by atoms with E-state index in [-0.39, 0.29) is 0 Å². The summed E-state index contributed by atoms with van der Waals surface area (Å²) in [6.45, 7) is 0. The lowest BCUT2D eigenvalue weighted by Gasteiger charge is -2.09. The van der Waals surface area contributed by atoms with Gasteiger partial charge in [-0.1, -0.05) is 165 Å². The Morgan fingerprint density at radius 2 is 0.744 bits per heavy atom. The van der Waals surface area contributed by atoms with Crippen LogP contribution in [0.25, 0.3) is 38.6 Å². The molecule has 1 aromatic heterocycles. The number of fused-ring (bicyclic) bond motifs is 6. The highest BCUT2D eigenvalue weighted by Crippen LogP contribution is 2.36. The predicted molar refractivity (Wildman–Crippen MR) is 200 cm³/mol. The van der Waals surface area contributed by atoms with Crippen molar-refractivity contribution in [3.8, 4) is 16.8 Å². The van der Waals surface area contributed by atoms with Crippen LogP contribution in [0.15, 0.2) is 156 Å². The number of nitrogens with zero attached hydrogens (tertiary/aromatic N) is 1. The van der Waals surface area contributed by atoms with Crippen LogP contribution in [-0.4, -0.2) is 4.57 Å². The maximum absolute atomic E-state index is 3.58. The maximum atomic E-state index is 3.58. The Kier molecular flexibility index (Phi) is 9.70. The van der Waals surface area contributed by atoms with E-state index in [4.69, 9.17) is 0 Å². The molecule has 0 amide bonds. The van der Waals surface area contributed by atoms with Gasteiger partial charge in [0, 0.05) is 38.8 Å². The molecule has 1 heterocycles. The Morgan fingerprint density at radius 3 is 1.19 bits per heavy atom. The molecule has 1 aliphatic rings. The van der Waals surface area contributed by atoms with Crippen molar-refractivity contribution >= 4 is 101 Å². The Bertz CT molecular complexity index is 1910. The molecule has 0 aliphatic heterocycles. The van der Waals surface area contributed by atoms with E-state index in [1.807, 2.05) is 18.2 Å². The van der Waals surface area contributed by atoms with Crippen LogP contribution in [0.1, 0.15) is 11.1 Å². The zero-order valence-electron chi connectivity index (χ0n) is 22.7. The van der Waals surface area contributed by atoms with E-state index in [0.29, 0.717) is 0 Å². The van der Waals surface area contributed by atoms with E-state index in [0.717, 1.165) is 34.5 Å². The van der Waals surface area contributed by atoms with Crippen molar-refractivity contribution in [2.45, 2.75) is 6.42 Å². The Labute approximate surface area is 293 Å². The number of hydrogen-bond acceptors (Lipinski definition) is 0. The molecule has 0 saturated carbocycles. The monoisotopic (exact) mass is 877 g/mol. The number of benzene rings is 6. The van der Waals surface area contributed by atoms with Crippen molar-refractivity contribution in [1.82, 2.24) is 4.57 Å². The van der Waals surface area contributed by atoms with Crippen LogP contribution in [0.2, 0.25) is 0 Å². The molecule has 43 heavy (non-hydrogen) atoms. The van der Waals surface area contributed by atoms with Gasteiger partial charge in [0.1, 0.15) is 0 Å². The van der Waals surface area contributed by atoms with Crippen LogP contribution in [0.5, 0.6) is 0 Å². The molecule has 6 aromatic carbocycles. The molecule has 0 N–H and O–H groups in total. The van der Waals surface area contributed by atoms with Gasteiger partial charge in [0.25, 0.3) is 0 Å². The van der Waals surface area contributed by atoms with E-state index in [2.05, 4.69) is 199 Å². The van der Waals surface area contributed by atoms with Gasteiger partial charge in [-0.25, -0.2) is 0 Å². The predicted octanol–water partition coefficient (Wildman–Crippen LogP) is 13.5. The third-order valence-corrected chi connectivity index (χ3v) is 9.51. The van der Waals surface area contributed by atoms with E-state index < -0.39 is 0 Å². The molecule has 1 nitrogen and oxygen atoms in total. The van der Waals surface area contributed by atoms with Gasteiger partial charge >= 0.3 is 0 Å². The van der Waals surface area contributed by atoms with Gasteiger partial charge in [-0.15, -0.1) is 0 Å². The molecule has 0 fully saturated rings. The SMILES string of the molecule is Brc1cc(Br)cc(-n2c3ccccc3c3ccccc32)c1.Brc1cc(Br)cc(Br)c1.c1ccc2c(c1)Cc1ccccc1-2. The van der Waals surface area contributed by atoms with Crippen LogP contribution in [0, 0.1) is 0 Å². The average molecular weight is 882 g/mol. The molecule has 212 valence electrons. The van der Waals surface area contributed by atoms with Crippen molar-refractivity contribution < 1.29 is 0 Å². The van der Waals surface area contributed by atoms with E-state index >= 15 is 0 Å². The fourth-order valence-electron chi connectivity index (χ4n) is 5.47. The smallest absolute Gasteiger partial charge is 0.0541 e. The van der Waals surface area contributed by atoms with E-state index in [9.17, 15) is 0 Å². The van der Waals surface area contributed by atoms with Crippen molar-refractivity contribution in [2.75, 3.05) is 0 Å². The molecule has 0 radical (unpaired) electrons. The Morgan fingerprint density at radius 1 is 0.395 bits per heavy atom. The first-order chi connectivity index (χ1) is 20.9. The molecule has 0 unspecified atom stereocenters. The molecule has 7 aromatic rings. The fraction of sp³-hybridized carbons (Fsp3) is 0.0270. The molecule has 0 saturated heterocycles. The molecular weight excluding hydrogens is 858 g/mol. The number of aromatic nitrogens is 1. The third kappa shape index (κ3) is 6.94. The molecule has 0 atom stereocenters. The molecule has 8 rings (SSSR count). The first-order valence-electron chi connectivity index (χ1n) is 13.6. The molecule has 6 heteroatoms. The fourth-order valence-corrected chi connectivity index (χ4v) is 9.14. The largest absolute Gasteiger partial charge is 0.309 e. The van der Waals surface area contributed by atoms with Gasteiger partial charge in [0.15, 0.2) is 0 Å². The van der Waals surface area contributed by atoms with Crippen LogP contribution in [0.4, 0.5) is 0 Å². The summed E-state index contributed by atoms with van der Waals surface area (Å²) in [7, 11) is 0. The summed E-state index contributed by atoms with van der Waals surface area (Å²) in [5.74, 6) is 0. The number of para-hydroxylation sites is 2. The van der Waals surface area contributed by atoms with E-state index in [1.54, 1.807) is 0 Å². The maximum Gasteiger partial charge on any atom is 0.0541 e. The summed E-state index contributed by atoms with van der Waals surface area (Å²) < 4.78 is 7.65. The first kappa shape index (κ1) is 30.5. The second-order valence-electron chi connectivity index (χ2n) is 10.1. The van der Waals surface area contributed by atoms with Crippen molar-refractivity contribution in [2.24, 2.45) is 0 Å². The van der Waals surface area contributed by atoms with Crippen LogP contribution < -0.4 is 0 Å². The second-order valence-corrected chi connectivity index (χ2v) is 14.7. The summed E-state index contributed by atoms with van der Waals surface area (Å²) in [6, 6.07) is 46.7. The van der Waals surface area contributed by atoms with Gasteiger partial charge in [0.05, 0.1) is 11.0 Å². The van der Waals surface area contributed by atoms with Gasteiger partial charge < -0.3 is 4.57 Å². The summed E-state index contributed by atoms with van der Waals surface area (Å²) in [5.41, 5.74) is 9.35. The Balaban J connectivity index is 0.000000127. The highest BCUT2D eigenvalue weighted by molar-refractivity contribution is 9.11. The zero-order valence-corrected chi connectivity index (χ0v) is 30.7. The second kappa shape index (κ2) is 13.7. The lowest BCUT2D eigenvalue weighted by atomic mass is 10.1. The van der Waals surface area contributed by atoms with Crippen molar-refractivity contribution in [3.63, 3.8) is 0 Å². The first-order valence-corrected chi connectivity index (χ1v) is 17.6. The normalized spacial score (nSPS) is 11.3. The quantitative estimate of drug-likeness (QED) is 0.155. The summed E-state index contributed by atoms with van der Waals surface area (Å²) >= 11 is 17.2. The zero-order chi connectivity index (χ0) is 29.9. The summed E-state index contributed by atoms with van der Waals surface area (Å²) in [6.07, 6.45) is 1.10. The average Bonchev–Trinajstić information content (AvgIpc) is 3.53. The van der Waals surface area contributed by atoms with Crippen LogP contribution >= 0.6 is 79.6 Å². The molecule has 0 spiro atoms. The standard InChI is InChI=1S/C18H11Br2N.C13H10.C6H3Br3/c19-12-9-13(20)11-14(10-12)21-17-7-3-1-5-15(17)16-6-2-4-8-18(16)21;1-3-7-12-10(5-1)9-11-6-2-4-8-13(11)12;7-4-1-5(8)3-6(9)2-4/h1-11H;1-8H,9H2;1-3H. The minimum Gasteiger partial charge on any atom is -0.309 e. The minimum absolute atomic E-state index is 1.06. The number of hydrogen-bond donors (Lipinski definition) is 0. The van der Waals surface area contributed by atoms with Gasteiger partial charge in [-0.2, -0.15) is 0 Å². The van der Waals surface area contributed by atoms with Crippen LogP contribution in [-0.2, 0) is 6.42 Å². The van der Waals surface area contributed by atoms with E-state index in [1.165, 1.54) is 44.1 Å². The van der Waals surface area contributed by atoms with Crippen molar-refractivity contribution in [3.05, 3.63) is 167 Å². The minimum atomic E-state index is 1.06. The van der Waals surface area contributed by atoms with Crippen LogP contribution in [0.3, 0.4) is 0 Å². The molecule has 1 aliphatic carbocycles. The highest BCUT2D eigenvalue weighted by Gasteiger charge is 2.16. The third-order valence-electron chi connectivity index (χ3n) is 7.22. The molecule has 0 bridgehead atoms. The molecular formula is C37H24Br5N. The number of rotatable bonds is 1. The highest BCUT2D eigenvalue weighted by atomic mass is 79.9. The van der Waals surface area contributed by atoms with Gasteiger partial charge in [-0.05, 0) is 77.2 Å². The van der Waals surface area contributed by atoms with Gasteiger partial charge in [0.2, 0.25) is 0 Å². The number of halogens is 5. The Hall–Kier alpha value is -2.48. The lowest BCUT2D eigenvalue weighted by Crippen LogP contribution is -1.93. The van der Waals surface area contributed by atoms with Gasteiger partial charge in [-0.3, -0.25) is 0 Å². The van der Waals surface area contributed by atoms with Crippen molar-refractivity contribution in [1.29, 1.82) is 0 Å². The summed E-state index contributed by atoms with van der Waals surface area (Å²) in [4.78, 5) is 0. The lowest BCUT2D eigenvalue weighted by molar-refractivity contribution is 1.17. The summed E-state index contributed by atoms with van der Waals surface area (Å²) in [5, 5.41) is 2.56.